The van der Waals surface area contributed by atoms with Crippen LogP contribution in [-0.4, -0.2) is 130 Å². The first-order chi connectivity index (χ1) is 23.3. The summed E-state index contributed by atoms with van der Waals surface area (Å²) in [6.45, 7) is 6.15. The zero-order chi connectivity index (χ0) is 35.0. The van der Waals surface area contributed by atoms with Crippen LogP contribution in [-0.2, 0) is 33.2 Å². The summed E-state index contributed by atoms with van der Waals surface area (Å²) < 4.78 is 35.1. The van der Waals surface area contributed by atoms with Gasteiger partial charge in [0.05, 0.1) is 24.4 Å². The van der Waals surface area contributed by atoms with Crippen molar-refractivity contribution in [3.8, 4) is 0 Å². The molecule has 18 atom stereocenters. The minimum atomic E-state index is -1.60. The quantitative estimate of drug-likeness (QED) is 0.163. The van der Waals surface area contributed by atoms with Crippen LogP contribution >= 0.6 is 0 Å². The first-order valence-corrected chi connectivity index (χ1v) is 18.3. The summed E-state index contributed by atoms with van der Waals surface area (Å²) in [7, 11) is 1.44. The van der Waals surface area contributed by atoms with E-state index in [2.05, 4.69) is 13.8 Å². The van der Waals surface area contributed by atoms with Crippen LogP contribution in [0.25, 0.3) is 0 Å². The molecule has 6 fully saturated rings. The van der Waals surface area contributed by atoms with Gasteiger partial charge in [0, 0.05) is 18.6 Å². The second-order valence-corrected chi connectivity index (χ2v) is 16.5. The zero-order valence-corrected chi connectivity index (χ0v) is 29.1. The second-order valence-electron chi connectivity index (χ2n) is 16.5. The van der Waals surface area contributed by atoms with E-state index in [0.717, 1.165) is 63.4 Å². The first kappa shape index (κ1) is 36.1. The Morgan fingerprint density at radius 3 is 2.31 bits per heavy atom. The van der Waals surface area contributed by atoms with Crippen LogP contribution < -0.4 is 0 Å². The highest BCUT2D eigenvalue weighted by atomic mass is 16.7. The molecule has 0 amide bonds. The highest BCUT2D eigenvalue weighted by molar-refractivity contribution is 5.85. The van der Waals surface area contributed by atoms with Gasteiger partial charge < -0.3 is 59.1 Å². The molecule has 0 aromatic heterocycles. The molecule has 278 valence electrons. The number of ether oxygens (including phenoxy) is 6. The van der Waals surface area contributed by atoms with Crippen molar-refractivity contribution >= 4 is 5.97 Å². The fraction of sp³-hybridized carbons (Fsp3) is 0.917. The summed E-state index contributed by atoms with van der Waals surface area (Å²) in [6.07, 6.45) is -2.30. The number of aliphatic hydroxyl groups is 6. The molecular weight excluding hydrogens is 640 g/mol. The molecule has 0 unspecified atom stereocenters. The van der Waals surface area contributed by atoms with E-state index in [4.69, 9.17) is 28.4 Å². The maximum atomic E-state index is 12.5. The number of carbonyl (C=O) groups excluding carboxylic acids is 1. The third kappa shape index (κ3) is 5.74. The third-order valence-corrected chi connectivity index (χ3v) is 14.4. The molecule has 7 rings (SSSR count). The molecule has 0 aromatic carbocycles. The van der Waals surface area contributed by atoms with Gasteiger partial charge in [-0.1, -0.05) is 13.8 Å². The number of fused-ring (bicyclic) bond motifs is 5. The smallest absolute Gasteiger partial charge is 0.331 e. The van der Waals surface area contributed by atoms with Crippen molar-refractivity contribution < 1.29 is 63.9 Å². The number of esters is 1. The van der Waals surface area contributed by atoms with E-state index >= 15 is 0 Å². The van der Waals surface area contributed by atoms with Crippen LogP contribution in [0.15, 0.2) is 11.6 Å². The minimum absolute atomic E-state index is 0.0579. The Balaban J connectivity index is 0.990. The maximum Gasteiger partial charge on any atom is 0.331 e. The zero-order valence-electron chi connectivity index (χ0n) is 29.1. The van der Waals surface area contributed by atoms with Crippen molar-refractivity contribution in [2.45, 2.75) is 152 Å². The van der Waals surface area contributed by atoms with Gasteiger partial charge in [-0.25, -0.2) is 4.79 Å². The second kappa shape index (κ2) is 13.3. The van der Waals surface area contributed by atoms with E-state index in [1.165, 1.54) is 7.11 Å². The van der Waals surface area contributed by atoms with E-state index in [9.17, 15) is 35.4 Å². The normalized spacial score (nSPS) is 54.4. The average Bonchev–Trinajstić information content (AvgIpc) is 3.62. The molecule has 0 spiro atoms. The largest absolute Gasteiger partial charge is 0.458 e. The SMILES string of the molecule is CO[C@H]1[C@H](O)[C@H](O[C@H]2CC[C@@]3(C)[C@@H](CC[C@@H]4[C@@H]3CC[C@]3(C)[C@@H](C5=CC(=O)OC5)CC[C@]43O)C2)O[C@@H](C)[C@@H]1O[C@H]1O[C@@H](CO)[C@H](O)[C@@H](O)[C@@H]1O. The Morgan fingerprint density at radius 1 is 0.857 bits per heavy atom. The Kier molecular flexibility index (Phi) is 9.82. The van der Waals surface area contributed by atoms with Crippen LogP contribution in [0.3, 0.4) is 0 Å². The summed E-state index contributed by atoms with van der Waals surface area (Å²) in [6, 6.07) is 0. The van der Waals surface area contributed by atoms with Crippen LogP contribution in [0.5, 0.6) is 0 Å². The van der Waals surface area contributed by atoms with E-state index < -0.39 is 73.6 Å². The monoisotopic (exact) mass is 696 g/mol. The third-order valence-electron chi connectivity index (χ3n) is 14.4. The standard InChI is InChI=1S/C36H56O13/c1-17-30(49-32-28(41)27(40)26(39)24(15-37)48-32)31(44-4)29(42)33(46-17)47-20-7-10-34(2)19(14-20)5-6-23-22(34)8-11-35(3)21(9-12-36(23,35)43)18-13-25(38)45-16-18/h13,17,19-24,26-33,37,39-43H,5-12,14-16H2,1-4H3/t17-,19-,20-,21+,22-,23+,24-,26-,27+,28-,29-,30-,31-,32+,33-,34-,35+,36-/m0/s1. The Labute approximate surface area is 287 Å². The number of aliphatic hydroxyl groups excluding tert-OH is 5. The fourth-order valence-corrected chi connectivity index (χ4v) is 11.6. The Bertz CT molecular complexity index is 1260. The Morgan fingerprint density at radius 2 is 1.61 bits per heavy atom. The van der Waals surface area contributed by atoms with Crippen LogP contribution in [0.2, 0.25) is 0 Å². The number of hydrogen-bond donors (Lipinski definition) is 6. The van der Waals surface area contributed by atoms with E-state index in [-0.39, 0.29) is 34.7 Å². The molecule has 49 heavy (non-hydrogen) atoms. The highest BCUT2D eigenvalue weighted by Gasteiger charge is 2.68. The predicted molar refractivity (Wildman–Crippen MR) is 170 cm³/mol. The summed E-state index contributed by atoms with van der Waals surface area (Å²) in [4.78, 5) is 11.9. The molecule has 13 heteroatoms. The fourth-order valence-electron chi connectivity index (χ4n) is 11.6. The molecule has 0 bridgehead atoms. The van der Waals surface area contributed by atoms with Crippen molar-refractivity contribution in [3.63, 3.8) is 0 Å². The van der Waals surface area contributed by atoms with Crippen LogP contribution in [0, 0.1) is 34.5 Å². The number of carbonyl (C=O) groups is 1. The van der Waals surface area contributed by atoms with Gasteiger partial charge in [0.2, 0.25) is 0 Å². The number of methoxy groups -OCH3 is 1. The lowest BCUT2D eigenvalue weighted by atomic mass is 9.43. The van der Waals surface area contributed by atoms with Crippen LogP contribution in [0.1, 0.15) is 78.6 Å². The summed E-state index contributed by atoms with van der Waals surface area (Å²) in [5.41, 5.74) is 0.0599. The van der Waals surface area contributed by atoms with Crippen molar-refractivity contribution in [2.75, 3.05) is 20.3 Å². The molecule has 4 aliphatic carbocycles. The molecule has 3 aliphatic heterocycles. The van der Waals surface area contributed by atoms with Crippen molar-refractivity contribution in [1.29, 1.82) is 0 Å². The highest BCUT2D eigenvalue weighted by Crippen LogP contribution is 2.70. The Hall–Kier alpha value is -1.23. The van der Waals surface area contributed by atoms with Gasteiger partial charge >= 0.3 is 5.97 Å². The molecule has 2 saturated heterocycles. The topological polar surface area (TPSA) is 194 Å². The van der Waals surface area contributed by atoms with Crippen molar-refractivity contribution in [1.82, 2.24) is 0 Å². The lowest BCUT2D eigenvalue weighted by Gasteiger charge is -2.64. The minimum Gasteiger partial charge on any atom is -0.458 e. The van der Waals surface area contributed by atoms with Crippen molar-refractivity contribution in [2.24, 2.45) is 34.5 Å². The number of rotatable bonds is 7. The molecule has 4 saturated carbocycles. The molecular formula is C36H56O13. The summed E-state index contributed by atoms with van der Waals surface area (Å²) in [5, 5.41) is 64.3. The van der Waals surface area contributed by atoms with Gasteiger partial charge in [-0.05, 0) is 99.4 Å². The lowest BCUT2D eigenvalue weighted by Crippen LogP contribution is -2.64. The summed E-state index contributed by atoms with van der Waals surface area (Å²) >= 11 is 0. The maximum absolute atomic E-state index is 12.5. The molecule has 0 aromatic rings. The van der Waals surface area contributed by atoms with E-state index in [1.807, 2.05) is 0 Å². The number of hydrogen-bond acceptors (Lipinski definition) is 13. The van der Waals surface area contributed by atoms with Gasteiger partial charge in [-0.2, -0.15) is 0 Å². The molecule has 13 nitrogen and oxygen atoms in total. The average molecular weight is 697 g/mol. The van der Waals surface area contributed by atoms with Gasteiger partial charge in [0.1, 0.15) is 49.3 Å². The first-order valence-electron chi connectivity index (χ1n) is 18.3. The molecule has 7 aliphatic rings. The van der Waals surface area contributed by atoms with Gasteiger partial charge in [-0.3, -0.25) is 0 Å². The summed E-state index contributed by atoms with van der Waals surface area (Å²) in [5.74, 6) is 0.909. The van der Waals surface area contributed by atoms with Crippen LogP contribution in [0.4, 0.5) is 0 Å². The lowest BCUT2D eigenvalue weighted by molar-refractivity contribution is -0.362. The van der Waals surface area contributed by atoms with E-state index in [0.29, 0.717) is 18.4 Å². The van der Waals surface area contributed by atoms with Gasteiger partial charge in [-0.15, -0.1) is 0 Å². The van der Waals surface area contributed by atoms with Gasteiger partial charge in [0.25, 0.3) is 0 Å². The van der Waals surface area contributed by atoms with Gasteiger partial charge in [0.15, 0.2) is 12.6 Å². The molecule has 3 heterocycles. The molecule has 0 radical (unpaired) electrons. The predicted octanol–water partition coefficient (Wildman–Crippen LogP) is 0.934. The number of cyclic esters (lactones) is 1. The van der Waals surface area contributed by atoms with Crippen molar-refractivity contribution in [3.05, 3.63) is 11.6 Å². The molecule has 6 N–H and O–H groups in total. The van der Waals surface area contributed by atoms with E-state index in [1.54, 1.807) is 13.0 Å².